The van der Waals surface area contributed by atoms with Crippen molar-refractivity contribution < 1.29 is 19.2 Å². The van der Waals surface area contributed by atoms with Crippen LogP contribution in [-0.2, 0) is 9.59 Å². The van der Waals surface area contributed by atoms with E-state index in [1.807, 2.05) is 6.92 Å². The maximum atomic E-state index is 12.1. The molecule has 2 N–H and O–H groups in total. The molecule has 0 saturated carbocycles. The van der Waals surface area contributed by atoms with E-state index in [0.29, 0.717) is 11.4 Å². The smallest absolute Gasteiger partial charge is 0.314 e. The first-order valence-corrected chi connectivity index (χ1v) is 7.40. The highest BCUT2D eigenvalue weighted by molar-refractivity contribution is 6.45. The topological polar surface area (TPSA) is 111 Å². The molecular weight excluding hydrogens is 350 g/mol. The van der Waals surface area contributed by atoms with Crippen molar-refractivity contribution in [2.24, 2.45) is 0 Å². The molecule has 0 atom stereocenters. The second kappa shape index (κ2) is 7.63. The molecule has 0 unspecified atom stereocenters. The summed E-state index contributed by atoms with van der Waals surface area (Å²) in [6.07, 6.45) is 0. The lowest BCUT2D eigenvalue weighted by Crippen LogP contribution is -2.29. The molecule has 2 aromatic carbocycles. The van der Waals surface area contributed by atoms with Crippen LogP contribution in [0, 0.1) is 17.0 Å². The minimum atomic E-state index is -1.02. The molecule has 0 aliphatic rings. The highest BCUT2D eigenvalue weighted by Gasteiger charge is 2.19. The van der Waals surface area contributed by atoms with Crippen molar-refractivity contribution in [3.05, 3.63) is 57.1 Å². The molecule has 0 aliphatic heterocycles. The van der Waals surface area contributed by atoms with Crippen LogP contribution in [0.4, 0.5) is 17.1 Å². The zero-order valence-corrected chi connectivity index (χ0v) is 14.1. The standard InChI is InChI=1S/C16H14ClN3O5/c1-9-3-6-14(25-2)13(7-9)19-16(22)15(21)18-12-8-10(20(23)24)4-5-11(12)17/h3-8H,1-2H3,(H,18,21)(H,19,22). The number of nitro benzene ring substituents is 1. The predicted octanol–water partition coefficient (Wildman–Crippen LogP) is 3.14. The van der Waals surface area contributed by atoms with Gasteiger partial charge in [0.1, 0.15) is 5.75 Å². The molecule has 0 spiro atoms. The number of benzene rings is 2. The molecular formula is C16H14ClN3O5. The number of ether oxygens (including phenoxy) is 1. The van der Waals surface area contributed by atoms with Gasteiger partial charge >= 0.3 is 11.8 Å². The summed E-state index contributed by atoms with van der Waals surface area (Å²) >= 11 is 5.89. The van der Waals surface area contributed by atoms with Gasteiger partial charge in [0.2, 0.25) is 0 Å². The van der Waals surface area contributed by atoms with Crippen LogP contribution < -0.4 is 15.4 Å². The fraction of sp³-hybridized carbons (Fsp3) is 0.125. The molecule has 0 heterocycles. The zero-order chi connectivity index (χ0) is 18.6. The Morgan fingerprint density at radius 2 is 1.72 bits per heavy atom. The third kappa shape index (κ3) is 4.45. The van der Waals surface area contributed by atoms with Gasteiger partial charge in [0.25, 0.3) is 5.69 Å². The van der Waals surface area contributed by atoms with Crippen molar-refractivity contribution in [3.8, 4) is 5.75 Å². The molecule has 2 amide bonds. The second-order valence-electron chi connectivity index (χ2n) is 5.03. The number of nitro groups is 1. The lowest BCUT2D eigenvalue weighted by Gasteiger charge is -2.11. The number of non-ortho nitro benzene ring substituents is 1. The van der Waals surface area contributed by atoms with Gasteiger partial charge in [-0.25, -0.2) is 0 Å². The number of nitrogens with one attached hydrogen (secondary N) is 2. The number of amides is 2. The van der Waals surface area contributed by atoms with Crippen LogP contribution in [0.5, 0.6) is 5.75 Å². The molecule has 0 saturated heterocycles. The lowest BCUT2D eigenvalue weighted by molar-refractivity contribution is -0.384. The third-order valence-corrected chi connectivity index (χ3v) is 3.55. The van der Waals surface area contributed by atoms with Crippen LogP contribution in [0.1, 0.15) is 5.56 Å². The minimum absolute atomic E-state index is 0.0350. The number of anilines is 2. The Kier molecular flexibility index (Phi) is 5.56. The summed E-state index contributed by atoms with van der Waals surface area (Å²) in [5.41, 5.74) is 0.888. The quantitative estimate of drug-likeness (QED) is 0.492. The van der Waals surface area contributed by atoms with Gasteiger partial charge in [0.05, 0.1) is 28.4 Å². The average molecular weight is 364 g/mol. The molecule has 0 aromatic heterocycles. The number of aryl methyl sites for hydroxylation is 1. The summed E-state index contributed by atoms with van der Waals surface area (Å²) in [6.45, 7) is 1.82. The monoisotopic (exact) mass is 363 g/mol. The summed E-state index contributed by atoms with van der Waals surface area (Å²) in [7, 11) is 1.43. The summed E-state index contributed by atoms with van der Waals surface area (Å²) in [5, 5.41) is 15.5. The van der Waals surface area contributed by atoms with E-state index in [1.165, 1.54) is 19.2 Å². The van der Waals surface area contributed by atoms with Gasteiger partial charge in [-0.2, -0.15) is 0 Å². The maximum Gasteiger partial charge on any atom is 0.314 e. The Hall–Kier alpha value is -3.13. The molecule has 0 aliphatic carbocycles. The van der Waals surface area contributed by atoms with Gasteiger partial charge in [0.15, 0.2) is 0 Å². The van der Waals surface area contributed by atoms with Crippen molar-refractivity contribution >= 4 is 40.5 Å². The molecule has 9 heteroatoms. The van der Waals surface area contributed by atoms with Gasteiger partial charge in [-0.05, 0) is 30.7 Å². The molecule has 2 aromatic rings. The normalized spacial score (nSPS) is 10.0. The van der Waals surface area contributed by atoms with Crippen LogP contribution in [0.3, 0.4) is 0 Å². The number of carbonyl (C=O) groups is 2. The van der Waals surface area contributed by atoms with E-state index < -0.39 is 16.7 Å². The first kappa shape index (κ1) is 18.2. The Labute approximate surface area is 147 Å². The van der Waals surface area contributed by atoms with E-state index in [4.69, 9.17) is 16.3 Å². The molecule has 0 bridgehead atoms. The van der Waals surface area contributed by atoms with E-state index in [-0.39, 0.29) is 16.4 Å². The highest BCUT2D eigenvalue weighted by atomic mass is 35.5. The largest absolute Gasteiger partial charge is 0.495 e. The number of rotatable bonds is 4. The summed E-state index contributed by atoms with van der Waals surface area (Å²) in [6, 6.07) is 8.61. The Balaban J connectivity index is 2.16. The van der Waals surface area contributed by atoms with Crippen molar-refractivity contribution in [1.29, 1.82) is 0 Å². The van der Waals surface area contributed by atoms with E-state index in [2.05, 4.69) is 10.6 Å². The van der Waals surface area contributed by atoms with Gasteiger partial charge in [0, 0.05) is 12.1 Å². The lowest BCUT2D eigenvalue weighted by atomic mass is 10.2. The number of hydrogen-bond acceptors (Lipinski definition) is 5. The number of hydrogen-bond donors (Lipinski definition) is 2. The Morgan fingerprint density at radius 3 is 2.32 bits per heavy atom. The van der Waals surface area contributed by atoms with Crippen LogP contribution in [0.25, 0.3) is 0 Å². The minimum Gasteiger partial charge on any atom is -0.495 e. The summed E-state index contributed by atoms with van der Waals surface area (Å²) in [5.74, 6) is -1.60. The Bertz CT molecular complexity index is 854. The molecule has 130 valence electrons. The fourth-order valence-corrected chi connectivity index (χ4v) is 2.17. The zero-order valence-electron chi connectivity index (χ0n) is 13.3. The number of nitrogens with zero attached hydrogens (tertiary/aromatic N) is 1. The van der Waals surface area contributed by atoms with Crippen molar-refractivity contribution in [2.45, 2.75) is 6.92 Å². The van der Waals surface area contributed by atoms with Gasteiger partial charge in [-0.3, -0.25) is 19.7 Å². The van der Waals surface area contributed by atoms with Gasteiger partial charge < -0.3 is 15.4 Å². The average Bonchev–Trinajstić information content (AvgIpc) is 2.56. The summed E-state index contributed by atoms with van der Waals surface area (Å²) in [4.78, 5) is 34.3. The van der Waals surface area contributed by atoms with E-state index >= 15 is 0 Å². The molecule has 0 fully saturated rings. The number of carbonyl (C=O) groups excluding carboxylic acids is 2. The fourth-order valence-electron chi connectivity index (χ4n) is 2.00. The van der Waals surface area contributed by atoms with Crippen molar-refractivity contribution in [1.82, 2.24) is 0 Å². The number of halogens is 1. The molecule has 25 heavy (non-hydrogen) atoms. The highest BCUT2D eigenvalue weighted by Crippen LogP contribution is 2.27. The van der Waals surface area contributed by atoms with Crippen LogP contribution in [0.15, 0.2) is 36.4 Å². The summed E-state index contributed by atoms with van der Waals surface area (Å²) < 4.78 is 5.12. The van der Waals surface area contributed by atoms with E-state index in [0.717, 1.165) is 11.6 Å². The molecule has 8 nitrogen and oxygen atoms in total. The SMILES string of the molecule is COc1ccc(C)cc1NC(=O)C(=O)Nc1cc([N+](=O)[O-])ccc1Cl. The van der Waals surface area contributed by atoms with E-state index in [1.54, 1.807) is 18.2 Å². The first-order valence-electron chi connectivity index (χ1n) is 7.02. The van der Waals surface area contributed by atoms with Crippen LogP contribution in [0.2, 0.25) is 5.02 Å². The van der Waals surface area contributed by atoms with Crippen molar-refractivity contribution in [2.75, 3.05) is 17.7 Å². The second-order valence-corrected chi connectivity index (χ2v) is 5.44. The number of methoxy groups -OCH3 is 1. The van der Waals surface area contributed by atoms with E-state index in [9.17, 15) is 19.7 Å². The Morgan fingerprint density at radius 1 is 1.08 bits per heavy atom. The first-order chi connectivity index (χ1) is 11.8. The maximum absolute atomic E-state index is 12.1. The predicted molar refractivity (Wildman–Crippen MR) is 93.1 cm³/mol. The molecule has 2 rings (SSSR count). The van der Waals surface area contributed by atoms with Crippen molar-refractivity contribution in [3.63, 3.8) is 0 Å². The molecule has 0 radical (unpaired) electrons. The van der Waals surface area contributed by atoms with Gasteiger partial charge in [-0.1, -0.05) is 17.7 Å². The van der Waals surface area contributed by atoms with Crippen LogP contribution >= 0.6 is 11.6 Å². The third-order valence-electron chi connectivity index (χ3n) is 3.22. The van der Waals surface area contributed by atoms with Crippen LogP contribution in [-0.4, -0.2) is 23.8 Å². The van der Waals surface area contributed by atoms with Gasteiger partial charge in [-0.15, -0.1) is 0 Å².